The van der Waals surface area contributed by atoms with Crippen LogP contribution in [0.3, 0.4) is 0 Å². The van der Waals surface area contributed by atoms with Gasteiger partial charge in [0.25, 0.3) is 0 Å². The Bertz CT molecular complexity index is 429. The summed E-state index contributed by atoms with van der Waals surface area (Å²) in [6, 6.07) is 7.13. The Morgan fingerprint density at radius 2 is 1.81 bits per heavy atom. The van der Waals surface area contributed by atoms with Gasteiger partial charge < -0.3 is 5.32 Å². The summed E-state index contributed by atoms with van der Waals surface area (Å²) in [6.07, 6.45) is 0. The fraction of sp³-hybridized carbons (Fsp3) is 0.667. The standard InChI is InChI=1S/C18H31FN2/c1-14(2)11-20-12-18(4,5)13-21(6)15(3)16-9-7-8-10-17(16)19/h7-10,14-15,20H,11-13H2,1-6H3. The molecule has 21 heavy (non-hydrogen) atoms. The smallest absolute Gasteiger partial charge is 0.127 e. The maximum absolute atomic E-state index is 13.9. The van der Waals surface area contributed by atoms with Crippen LogP contribution in [0.4, 0.5) is 4.39 Å². The lowest BCUT2D eigenvalue weighted by Gasteiger charge is -2.34. The first kappa shape index (κ1) is 18.1. The molecule has 120 valence electrons. The molecule has 0 radical (unpaired) electrons. The molecule has 0 spiro atoms. The quantitative estimate of drug-likeness (QED) is 0.777. The van der Waals surface area contributed by atoms with E-state index in [2.05, 4.69) is 51.9 Å². The van der Waals surface area contributed by atoms with Crippen LogP contribution >= 0.6 is 0 Å². The van der Waals surface area contributed by atoms with Gasteiger partial charge in [-0.2, -0.15) is 0 Å². The van der Waals surface area contributed by atoms with Crippen LogP contribution in [0.5, 0.6) is 0 Å². The number of rotatable bonds is 8. The molecule has 1 N–H and O–H groups in total. The van der Waals surface area contributed by atoms with Crippen LogP contribution in [-0.2, 0) is 0 Å². The molecule has 1 rings (SSSR count). The van der Waals surface area contributed by atoms with Gasteiger partial charge in [-0.15, -0.1) is 0 Å². The Kier molecular flexibility index (Phi) is 6.82. The van der Waals surface area contributed by atoms with E-state index in [1.165, 1.54) is 6.07 Å². The van der Waals surface area contributed by atoms with Crippen molar-refractivity contribution in [1.29, 1.82) is 0 Å². The average molecular weight is 294 g/mol. The van der Waals surface area contributed by atoms with Gasteiger partial charge in [0.05, 0.1) is 0 Å². The zero-order valence-corrected chi connectivity index (χ0v) is 14.4. The van der Waals surface area contributed by atoms with Crippen LogP contribution in [0.2, 0.25) is 0 Å². The van der Waals surface area contributed by atoms with Gasteiger partial charge in [-0.05, 0) is 37.9 Å². The zero-order chi connectivity index (χ0) is 16.0. The molecule has 0 amide bonds. The third kappa shape index (κ3) is 6.15. The van der Waals surface area contributed by atoms with Gasteiger partial charge >= 0.3 is 0 Å². The Morgan fingerprint density at radius 1 is 1.19 bits per heavy atom. The van der Waals surface area contributed by atoms with E-state index in [0.29, 0.717) is 5.92 Å². The summed E-state index contributed by atoms with van der Waals surface area (Å²) in [6.45, 7) is 13.9. The lowest BCUT2D eigenvalue weighted by atomic mass is 9.91. The van der Waals surface area contributed by atoms with Crippen molar-refractivity contribution < 1.29 is 4.39 Å². The molecule has 0 fully saturated rings. The molecule has 0 aliphatic rings. The topological polar surface area (TPSA) is 15.3 Å². The van der Waals surface area contributed by atoms with Gasteiger partial charge in [-0.1, -0.05) is 45.9 Å². The predicted molar refractivity (Wildman–Crippen MR) is 88.9 cm³/mol. The Hall–Kier alpha value is -0.930. The van der Waals surface area contributed by atoms with E-state index >= 15 is 0 Å². The molecular formula is C18H31FN2. The molecule has 0 heterocycles. The minimum absolute atomic E-state index is 0.0792. The van der Waals surface area contributed by atoms with Crippen molar-refractivity contribution in [2.24, 2.45) is 11.3 Å². The first-order chi connectivity index (χ1) is 9.73. The number of nitrogens with one attached hydrogen (secondary N) is 1. The molecule has 3 heteroatoms. The summed E-state index contributed by atoms with van der Waals surface area (Å²) in [5.41, 5.74) is 0.925. The van der Waals surface area contributed by atoms with Crippen LogP contribution < -0.4 is 5.32 Å². The number of hydrogen-bond acceptors (Lipinski definition) is 2. The number of nitrogens with zero attached hydrogens (tertiary/aromatic N) is 1. The largest absolute Gasteiger partial charge is 0.316 e. The fourth-order valence-electron chi connectivity index (χ4n) is 2.62. The van der Waals surface area contributed by atoms with Crippen molar-refractivity contribution in [3.05, 3.63) is 35.6 Å². The molecule has 1 unspecified atom stereocenters. The van der Waals surface area contributed by atoms with Gasteiger partial charge in [0.15, 0.2) is 0 Å². The Balaban J connectivity index is 2.58. The summed E-state index contributed by atoms with van der Waals surface area (Å²) in [7, 11) is 2.07. The third-order valence-electron chi connectivity index (χ3n) is 3.85. The highest BCUT2D eigenvalue weighted by Gasteiger charge is 2.24. The van der Waals surface area contributed by atoms with Crippen LogP contribution in [-0.4, -0.2) is 31.6 Å². The summed E-state index contributed by atoms with van der Waals surface area (Å²) < 4.78 is 13.9. The van der Waals surface area contributed by atoms with Crippen molar-refractivity contribution in [3.63, 3.8) is 0 Å². The molecule has 0 aliphatic heterocycles. The van der Waals surface area contributed by atoms with E-state index in [0.717, 1.165) is 25.2 Å². The van der Waals surface area contributed by atoms with Crippen molar-refractivity contribution >= 4 is 0 Å². The summed E-state index contributed by atoms with van der Waals surface area (Å²) >= 11 is 0. The second-order valence-electron chi connectivity index (χ2n) is 7.30. The van der Waals surface area contributed by atoms with Crippen LogP contribution in [0, 0.1) is 17.2 Å². The fourth-order valence-corrected chi connectivity index (χ4v) is 2.62. The third-order valence-corrected chi connectivity index (χ3v) is 3.85. The van der Waals surface area contributed by atoms with Crippen molar-refractivity contribution in [3.8, 4) is 0 Å². The molecule has 1 aromatic rings. The Morgan fingerprint density at radius 3 is 2.38 bits per heavy atom. The minimum Gasteiger partial charge on any atom is -0.316 e. The number of hydrogen-bond donors (Lipinski definition) is 1. The highest BCUT2D eigenvalue weighted by Crippen LogP contribution is 2.25. The van der Waals surface area contributed by atoms with E-state index in [1.807, 2.05) is 12.1 Å². The SMILES string of the molecule is CC(C)CNCC(C)(C)CN(C)C(C)c1ccccc1F. The zero-order valence-electron chi connectivity index (χ0n) is 14.4. The van der Waals surface area contributed by atoms with Gasteiger partial charge in [0, 0.05) is 24.7 Å². The molecule has 0 saturated carbocycles. The van der Waals surface area contributed by atoms with Crippen LogP contribution in [0.1, 0.15) is 46.2 Å². The molecule has 0 aromatic heterocycles. The molecular weight excluding hydrogens is 263 g/mol. The first-order valence-corrected chi connectivity index (χ1v) is 7.88. The highest BCUT2D eigenvalue weighted by atomic mass is 19.1. The van der Waals surface area contributed by atoms with Gasteiger partial charge in [-0.25, -0.2) is 4.39 Å². The monoisotopic (exact) mass is 294 g/mol. The molecule has 1 atom stereocenters. The molecule has 1 aromatic carbocycles. The molecule has 0 bridgehead atoms. The van der Waals surface area contributed by atoms with E-state index < -0.39 is 0 Å². The second-order valence-corrected chi connectivity index (χ2v) is 7.30. The normalized spacial score (nSPS) is 14.0. The Labute approximate surface area is 129 Å². The van der Waals surface area contributed by atoms with Gasteiger partial charge in [0.2, 0.25) is 0 Å². The first-order valence-electron chi connectivity index (χ1n) is 7.88. The number of halogens is 1. The lowest BCUT2D eigenvalue weighted by Crippen LogP contribution is -2.40. The van der Waals surface area contributed by atoms with E-state index in [1.54, 1.807) is 6.07 Å². The second kappa shape index (κ2) is 7.90. The summed E-state index contributed by atoms with van der Waals surface area (Å²) in [5.74, 6) is 0.545. The van der Waals surface area contributed by atoms with E-state index in [-0.39, 0.29) is 17.3 Å². The number of benzene rings is 1. The highest BCUT2D eigenvalue weighted by molar-refractivity contribution is 5.20. The molecule has 0 saturated heterocycles. The maximum atomic E-state index is 13.9. The minimum atomic E-state index is -0.118. The summed E-state index contributed by atoms with van der Waals surface area (Å²) in [4.78, 5) is 2.23. The van der Waals surface area contributed by atoms with Gasteiger partial charge in [0.1, 0.15) is 5.82 Å². The van der Waals surface area contributed by atoms with E-state index in [9.17, 15) is 4.39 Å². The lowest BCUT2D eigenvalue weighted by molar-refractivity contribution is 0.163. The maximum Gasteiger partial charge on any atom is 0.127 e. The predicted octanol–water partition coefficient (Wildman–Crippen LogP) is 4.09. The van der Waals surface area contributed by atoms with Gasteiger partial charge in [-0.3, -0.25) is 4.90 Å². The van der Waals surface area contributed by atoms with Crippen LogP contribution in [0.15, 0.2) is 24.3 Å². The molecule has 0 aliphatic carbocycles. The summed E-state index contributed by atoms with van der Waals surface area (Å²) in [5, 5.41) is 3.52. The van der Waals surface area contributed by atoms with Crippen LogP contribution in [0.25, 0.3) is 0 Å². The van der Waals surface area contributed by atoms with E-state index in [4.69, 9.17) is 0 Å². The van der Waals surface area contributed by atoms with Crippen molar-refractivity contribution in [1.82, 2.24) is 10.2 Å². The van der Waals surface area contributed by atoms with Crippen molar-refractivity contribution in [2.75, 3.05) is 26.7 Å². The van der Waals surface area contributed by atoms with Crippen molar-refractivity contribution in [2.45, 2.75) is 40.7 Å². The average Bonchev–Trinajstić information content (AvgIpc) is 2.37. The molecule has 2 nitrogen and oxygen atoms in total.